The Morgan fingerprint density at radius 1 is 1.48 bits per heavy atom. The Labute approximate surface area is 131 Å². The summed E-state index contributed by atoms with van der Waals surface area (Å²) in [5, 5.41) is 0.204. The summed E-state index contributed by atoms with van der Waals surface area (Å²) in [7, 11) is -3.62. The summed E-state index contributed by atoms with van der Waals surface area (Å²) in [6, 6.07) is 3.01. The van der Waals surface area contributed by atoms with Crippen molar-refractivity contribution in [1.82, 2.24) is 9.62 Å². The first-order chi connectivity index (χ1) is 9.83. The molecule has 1 saturated heterocycles. The number of sulfonamides is 1. The van der Waals surface area contributed by atoms with Crippen LogP contribution in [0.4, 0.5) is 5.69 Å². The van der Waals surface area contributed by atoms with E-state index in [-0.39, 0.29) is 9.92 Å². The first-order valence-corrected chi connectivity index (χ1v) is 8.97. The van der Waals surface area contributed by atoms with E-state index < -0.39 is 10.0 Å². The molecule has 5 nitrogen and oxygen atoms in total. The molecule has 0 aromatic heterocycles. The van der Waals surface area contributed by atoms with Gasteiger partial charge in [-0.25, -0.2) is 13.1 Å². The van der Waals surface area contributed by atoms with E-state index >= 15 is 0 Å². The van der Waals surface area contributed by atoms with Crippen LogP contribution in [0.2, 0.25) is 5.02 Å². The van der Waals surface area contributed by atoms with E-state index in [9.17, 15) is 8.42 Å². The Morgan fingerprint density at radius 3 is 2.81 bits per heavy atom. The zero-order valence-electron chi connectivity index (χ0n) is 12.4. The smallest absolute Gasteiger partial charge is 0.242 e. The fourth-order valence-electron chi connectivity index (χ4n) is 2.55. The average Bonchev–Trinajstić information content (AvgIpc) is 2.88. The van der Waals surface area contributed by atoms with Crippen molar-refractivity contribution in [3.8, 4) is 0 Å². The SMILES string of the molecule is CCN1CCC(CNS(=O)(=O)c2cc(N)c(C)cc2Cl)C1. The molecule has 0 radical (unpaired) electrons. The van der Waals surface area contributed by atoms with Crippen molar-refractivity contribution in [2.75, 3.05) is 31.9 Å². The molecule has 2 rings (SSSR count). The molecule has 118 valence electrons. The van der Waals surface area contributed by atoms with Gasteiger partial charge in [0.1, 0.15) is 4.90 Å². The highest BCUT2D eigenvalue weighted by Gasteiger charge is 2.25. The number of benzene rings is 1. The fourth-order valence-corrected chi connectivity index (χ4v) is 4.28. The van der Waals surface area contributed by atoms with Crippen LogP contribution in [0.5, 0.6) is 0 Å². The van der Waals surface area contributed by atoms with Gasteiger partial charge in [-0.15, -0.1) is 0 Å². The second-order valence-electron chi connectivity index (χ2n) is 5.54. The van der Waals surface area contributed by atoms with Crippen molar-refractivity contribution in [1.29, 1.82) is 0 Å². The standard InChI is InChI=1S/C14H22ClN3O2S/c1-3-18-5-4-11(9-18)8-17-21(19,20)14-7-13(16)10(2)6-12(14)15/h6-7,11,17H,3-5,8-9,16H2,1-2H3. The molecule has 0 saturated carbocycles. The monoisotopic (exact) mass is 331 g/mol. The summed E-state index contributed by atoms with van der Waals surface area (Å²) in [6.45, 7) is 7.31. The number of aryl methyl sites for hydroxylation is 1. The van der Waals surface area contributed by atoms with Gasteiger partial charge < -0.3 is 10.6 Å². The van der Waals surface area contributed by atoms with E-state index in [2.05, 4.69) is 16.5 Å². The number of hydrogen-bond donors (Lipinski definition) is 2. The number of halogens is 1. The molecule has 1 atom stereocenters. The minimum absolute atomic E-state index is 0.0533. The van der Waals surface area contributed by atoms with Gasteiger partial charge in [0.2, 0.25) is 10.0 Å². The molecule has 1 aromatic rings. The highest BCUT2D eigenvalue weighted by atomic mass is 35.5. The van der Waals surface area contributed by atoms with Crippen LogP contribution < -0.4 is 10.5 Å². The second kappa shape index (κ2) is 6.52. The maximum Gasteiger partial charge on any atom is 0.242 e. The zero-order valence-corrected chi connectivity index (χ0v) is 14.0. The van der Waals surface area contributed by atoms with Crippen LogP contribution in [0.1, 0.15) is 18.9 Å². The summed E-state index contributed by atoms with van der Waals surface area (Å²) in [5.74, 6) is 0.348. The van der Waals surface area contributed by atoms with Gasteiger partial charge >= 0.3 is 0 Å². The number of nitrogen functional groups attached to an aromatic ring is 1. The van der Waals surface area contributed by atoms with Crippen molar-refractivity contribution < 1.29 is 8.42 Å². The van der Waals surface area contributed by atoms with Gasteiger partial charge in [-0.3, -0.25) is 0 Å². The van der Waals surface area contributed by atoms with Crippen LogP contribution in [0.3, 0.4) is 0 Å². The average molecular weight is 332 g/mol. The summed E-state index contributed by atoms with van der Waals surface area (Å²) in [4.78, 5) is 2.37. The van der Waals surface area contributed by atoms with Crippen LogP contribution in [-0.4, -0.2) is 39.5 Å². The number of hydrogen-bond acceptors (Lipinski definition) is 4. The lowest BCUT2D eigenvalue weighted by molar-refractivity contribution is 0.342. The molecule has 0 spiro atoms. The third-order valence-electron chi connectivity index (χ3n) is 3.99. The summed E-state index contributed by atoms with van der Waals surface area (Å²) in [5.41, 5.74) is 6.98. The molecule has 1 aromatic carbocycles. The maximum atomic E-state index is 12.4. The van der Waals surface area contributed by atoms with Gasteiger partial charge in [-0.2, -0.15) is 0 Å². The third kappa shape index (κ3) is 3.88. The number of nitrogens with two attached hydrogens (primary N) is 1. The Hall–Kier alpha value is -0.820. The molecule has 7 heteroatoms. The van der Waals surface area contributed by atoms with Crippen LogP contribution in [-0.2, 0) is 10.0 Å². The minimum atomic E-state index is -3.62. The first-order valence-electron chi connectivity index (χ1n) is 7.11. The normalized spacial score (nSPS) is 20.0. The number of rotatable bonds is 5. The number of nitrogens with zero attached hydrogens (tertiary/aromatic N) is 1. The molecular weight excluding hydrogens is 310 g/mol. The van der Waals surface area contributed by atoms with Gasteiger partial charge in [0.05, 0.1) is 5.02 Å². The molecule has 3 N–H and O–H groups in total. The molecular formula is C14H22ClN3O2S. The Morgan fingerprint density at radius 2 is 2.19 bits per heavy atom. The van der Waals surface area contributed by atoms with Crippen molar-refractivity contribution in [2.24, 2.45) is 5.92 Å². The molecule has 0 bridgehead atoms. The third-order valence-corrected chi connectivity index (χ3v) is 5.88. The lowest BCUT2D eigenvalue weighted by Gasteiger charge is -2.15. The van der Waals surface area contributed by atoms with Gasteiger partial charge in [-0.05, 0) is 50.0 Å². The van der Waals surface area contributed by atoms with Crippen molar-refractivity contribution >= 4 is 27.3 Å². The quantitative estimate of drug-likeness (QED) is 0.807. The molecule has 1 aliphatic heterocycles. The van der Waals surface area contributed by atoms with Crippen LogP contribution in [0.25, 0.3) is 0 Å². The van der Waals surface area contributed by atoms with E-state index in [0.717, 1.165) is 31.6 Å². The van der Waals surface area contributed by atoms with E-state index in [1.165, 1.54) is 6.07 Å². The molecule has 0 aliphatic carbocycles. The molecule has 1 aliphatic rings. The minimum Gasteiger partial charge on any atom is -0.398 e. The predicted molar refractivity (Wildman–Crippen MR) is 86.0 cm³/mol. The van der Waals surface area contributed by atoms with E-state index in [4.69, 9.17) is 17.3 Å². The molecule has 21 heavy (non-hydrogen) atoms. The highest BCUT2D eigenvalue weighted by molar-refractivity contribution is 7.89. The topological polar surface area (TPSA) is 75.4 Å². The lowest BCUT2D eigenvalue weighted by Crippen LogP contribution is -2.31. The van der Waals surface area contributed by atoms with Crippen LogP contribution >= 0.6 is 11.6 Å². The predicted octanol–water partition coefficient (Wildman–Crippen LogP) is 1.85. The number of likely N-dealkylation sites (tertiary alicyclic amines) is 1. The zero-order chi connectivity index (χ0) is 15.6. The van der Waals surface area contributed by atoms with Crippen molar-refractivity contribution in [2.45, 2.75) is 25.2 Å². The lowest BCUT2D eigenvalue weighted by atomic mass is 10.1. The largest absolute Gasteiger partial charge is 0.398 e. The molecule has 1 unspecified atom stereocenters. The van der Waals surface area contributed by atoms with Crippen molar-refractivity contribution in [3.63, 3.8) is 0 Å². The van der Waals surface area contributed by atoms with Gasteiger partial charge in [0.15, 0.2) is 0 Å². The highest BCUT2D eigenvalue weighted by Crippen LogP contribution is 2.27. The van der Waals surface area contributed by atoms with E-state index in [1.807, 2.05) is 0 Å². The van der Waals surface area contributed by atoms with E-state index in [0.29, 0.717) is 18.2 Å². The summed E-state index contributed by atoms with van der Waals surface area (Å²) in [6.07, 6.45) is 1.01. The van der Waals surface area contributed by atoms with Gasteiger partial charge in [0.25, 0.3) is 0 Å². The summed E-state index contributed by atoms with van der Waals surface area (Å²) < 4.78 is 27.4. The molecule has 1 heterocycles. The van der Waals surface area contributed by atoms with Crippen LogP contribution in [0, 0.1) is 12.8 Å². The Bertz CT molecular complexity index is 619. The molecule has 1 fully saturated rings. The number of anilines is 1. The summed E-state index contributed by atoms with van der Waals surface area (Å²) >= 11 is 6.04. The fraction of sp³-hybridized carbons (Fsp3) is 0.571. The Kier molecular flexibility index (Phi) is 5.14. The second-order valence-corrected chi connectivity index (χ2v) is 7.68. The number of nitrogens with one attached hydrogen (secondary N) is 1. The van der Waals surface area contributed by atoms with Gasteiger partial charge in [0, 0.05) is 18.8 Å². The Balaban J connectivity index is 2.07. The molecule has 0 amide bonds. The van der Waals surface area contributed by atoms with E-state index in [1.54, 1.807) is 13.0 Å². The maximum absolute atomic E-state index is 12.4. The first kappa shape index (κ1) is 16.5. The van der Waals surface area contributed by atoms with Gasteiger partial charge in [-0.1, -0.05) is 18.5 Å². The van der Waals surface area contributed by atoms with Crippen molar-refractivity contribution in [3.05, 3.63) is 22.7 Å². The van der Waals surface area contributed by atoms with Crippen LogP contribution in [0.15, 0.2) is 17.0 Å².